The highest BCUT2D eigenvalue weighted by Gasteiger charge is 2.30. The van der Waals surface area contributed by atoms with Crippen molar-refractivity contribution in [3.05, 3.63) is 28.8 Å². The molecule has 2 unspecified atom stereocenters. The number of nitrogen functional groups attached to an aromatic ring is 1. The number of piperidine rings is 1. The molecule has 0 radical (unpaired) electrons. The maximum absolute atomic E-state index is 12.6. The molecule has 1 amide bonds. The van der Waals surface area contributed by atoms with Crippen LogP contribution < -0.4 is 5.73 Å². The molecule has 2 atom stereocenters. The Labute approximate surface area is 113 Å². The van der Waals surface area contributed by atoms with Crippen molar-refractivity contribution in [2.75, 3.05) is 5.73 Å². The third-order valence-corrected chi connectivity index (χ3v) is 3.91. The molecular weight excluding hydrogens is 248 g/mol. The minimum absolute atomic E-state index is 0.0175. The minimum Gasteiger partial charge on any atom is -0.398 e. The average Bonchev–Trinajstić information content (AvgIpc) is 2.28. The number of anilines is 1. The molecule has 0 saturated carbocycles. The number of carbonyl (C=O) groups excluding carboxylic acids is 1. The average molecular weight is 267 g/mol. The smallest absolute Gasteiger partial charge is 0.256 e. The minimum atomic E-state index is 0.0175. The Hall–Kier alpha value is -1.22. The van der Waals surface area contributed by atoms with E-state index in [2.05, 4.69) is 13.8 Å². The first-order valence-electron chi connectivity index (χ1n) is 6.38. The SMILES string of the molecule is CC1CCCC(C)N1C(=O)c1ccc(Cl)cc1N. The summed E-state index contributed by atoms with van der Waals surface area (Å²) in [5.74, 6) is 0.0175. The molecule has 0 spiro atoms. The van der Waals surface area contributed by atoms with Crippen LogP contribution in [-0.2, 0) is 0 Å². The van der Waals surface area contributed by atoms with Gasteiger partial charge >= 0.3 is 0 Å². The van der Waals surface area contributed by atoms with Crippen LogP contribution in [0.3, 0.4) is 0 Å². The maximum atomic E-state index is 12.6. The van der Waals surface area contributed by atoms with Crippen LogP contribution in [-0.4, -0.2) is 22.9 Å². The normalized spacial score (nSPS) is 24.1. The Morgan fingerprint density at radius 1 is 1.33 bits per heavy atom. The van der Waals surface area contributed by atoms with E-state index in [1.807, 2.05) is 4.90 Å². The van der Waals surface area contributed by atoms with E-state index >= 15 is 0 Å². The molecule has 2 N–H and O–H groups in total. The van der Waals surface area contributed by atoms with Gasteiger partial charge < -0.3 is 10.6 Å². The molecule has 18 heavy (non-hydrogen) atoms. The molecule has 1 aromatic carbocycles. The lowest BCUT2D eigenvalue weighted by molar-refractivity contribution is 0.0512. The maximum Gasteiger partial charge on any atom is 0.256 e. The zero-order valence-corrected chi connectivity index (χ0v) is 11.6. The fourth-order valence-corrected chi connectivity index (χ4v) is 2.87. The van der Waals surface area contributed by atoms with E-state index in [-0.39, 0.29) is 18.0 Å². The summed E-state index contributed by atoms with van der Waals surface area (Å²) < 4.78 is 0. The van der Waals surface area contributed by atoms with Gasteiger partial charge in [-0.25, -0.2) is 0 Å². The standard InChI is InChI=1S/C14H19ClN2O/c1-9-4-3-5-10(2)17(9)14(18)12-7-6-11(15)8-13(12)16/h6-10H,3-5,16H2,1-2H3. The fourth-order valence-electron chi connectivity index (χ4n) is 2.69. The van der Waals surface area contributed by atoms with E-state index in [9.17, 15) is 4.79 Å². The number of likely N-dealkylation sites (tertiary alicyclic amines) is 1. The molecule has 0 bridgehead atoms. The number of nitrogens with zero attached hydrogens (tertiary/aromatic N) is 1. The van der Waals surface area contributed by atoms with Crippen molar-refractivity contribution in [1.29, 1.82) is 0 Å². The van der Waals surface area contributed by atoms with Crippen molar-refractivity contribution >= 4 is 23.2 Å². The van der Waals surface area contributed by atoms with Gasteiger partial charge in [-0.15, -0.1) is 0 Å². The van der Waals surface area contributed by atoms with Crippen molar-refractivity contribution in [2.24, 2.45) is 0 Å². The van der Waals surface area contributed by atoms with Gasteiger partial charge in [-0.2, -0.15) is 0 Å². The van der Waals surface area contributed by atoms with Crippen LogP contribution in [0.5, 0.6) is 0 Å². The van der Waals surface area contributed by atoms with E-state index < -0.39 is 0 Å². The molecule has 1 saturated heterocycles. The van der Waals surface area contributed by atoms with Crippen LogP contribution in [0.15, 0.2) is 18.2 Å². The van der Waals surface area contributed by atoms with Crippen molar-refractivity contribution < 1.29 is 4.79 Å². The van der Waals surface area contributed by atoms with E-state index in [0.29, 0.717) is 16.3 Å². The number of hydrogen-bond acceptors (Lipinski definition) is 2. The fraction of sp³-hybridized carbons (Fsp3) is 0.500. The number of halogens is 1. The molecule has 98 valence electrons. The van der Waals surface area contributed by atoms with Crippen LogP contribution in [0.4, 0.5) is 5.69 Å². The highest BCUT2D eigenvalue weighted by molar-refractivity contribution is 6.31. The lowest BCUT2D eigenvalue weighted by atomic mass is 9.96. The van der Waals surface area contributed by atoms with E-state index in [1.165, 1.54) is 6.42 Å². The molecule has 2 rings (SSSR count). The summed E-state index contributed by atoms with van der Waals surface area (Å²) in [4.78, 5) is 14.5. The second-order valence-electron chi connectivity index (χ2n) is 5.07. The molecule has 1 fully saturated rings. The van der Waals surface area contributed by atoms with Crippen LogP contribution in [0.1, 0.15) is 43.5 Å². The summed E-state index contributed by atoms with van der Waals surface area (Å²) in [5, 5.41) is 0.559. The van der Waals surface area contributed by atoms with Gasteiger partial charge in [-0.3, -0.25) is 4.79 Å². The molecule has 1 aromatic rings. The Kier molecular flexibility index (Phi) is 3.81. The topological polar surface area (TPSA) is 46.3 Å². The second kappa shape index (κ2) is 5.19. The van der Waals surface area contributed by atoms with E-state index in [0.717, 1.165) is 12.8 Å². The third-order valence-electron chi connectivity index (χ3n) is 3.67. The largest absolute Gasteiger partial charge is 0.398 e. The van der Waals surface area contributed by atoms with Crippen molar-refractivity contribution in [3.63, 3.8) is 0 Å². The molecule has 3 nitrogen and oxygen atoms in total. The Bertz CT molecular complexity index is 451. The Morgan fingerprint density at radius 3 is 2.50 bits per heavy atom. The predicted octanol–water partition coefficient (Wildman–Crippen LogP) is 3.33. The van der Waals surface area contributed by atoms with Gasteiger partial charge in [0.05, 0.1) is 5.56 Å². The second-order valence-corrected chi connectivity index (χ2v) is 5.51. The number of carbonyl (C=O) groups is 1. The van der Waals surface area contributed by atoms with Gasteiger partial charge in [0.2, 0.25) is 0 Å². The number of amides is 1. The summed E-state index contributed by atoms with van der Waals surface area (Å²) in [6.45, 7) is 4.19. The van der Waals surface area contributed by atoms with E-state index in [4.69, 9.17) is 17.3 Å². The number of hydrogen-bond donors (Lipinski definition) is 1. The summed E-state index contributed by atoms with van der Waals surface area (Å²) in [7, 11) is 0. The first kappa shape index (κ1) is 13.2. The Balaban J connectivity index is 2.29. The van der Waals surface area contributed by atoms with Gasteiger partial charge in [0, 0.05) is 22.8 Å². The molecule has 1 aliphatic rings. The molecule has 0 aromatic heterocycles. The molecule has 1 aliphatic heterocycles. The monoisotopic (exact) mass is 266 g/mol. The Morgan fingerprint density at radius 2 is 1.94 bits per heavy atom. The lowest BCUT2D eigenvalue weighted by Gasteiger charge is -2.39. The van der Waals surface area contributed by atoms with Gasteiger partial charge in [0.1, 0.15) is 0 Å². The van der Waals surface area contributed by atoms with Crippen molar-refractivity contribution in [3.8, 4) is 0 Å². The summed E-state index contributed by atoms with van der Waals surface area (Å²) in [5.41, 5.74) is 6.90. The van der Waals surface area contributed by atoms with Gasteiger partial charge in [0.15, 0.2) is 0 Å². The zero-order valence-electron chi connectivity index (χ0n) is 10.8. The summed E-state index contributed by atoms with van der Waals surface area (Å²) in [6.07, 6.45) is 3.30. The molecule has 0 aliphatic carbocycles. The quantitative estimate of drug-likeness (QED) is 0.793. The summed E-state index contributed by atoms with van der Waals surface area (Å²) in [6, 6.07) is 5.61. The molecule has 1 heterocycles. The lowest BCUT2D eigenvalue weighted by Crippen LogP contribution is -2.47. The first-order chi connectivity index (χ1) is 8.50. The van der Waals surface area contributed by atoms with Crippen LogP contribution in [0.25, 0.3) is 0 Å². The van der Waals surface area contributed by atoms with Crippen molar-refractivity contribution in [2.45, 2.75) is 45.2 Å². The number of nitrogens with two attached hydrogens (primary N) is 1. The van der Waals surface area contributed by atoms with E-state index in [1.54, 1.807) is 18.2 Å². The van der Waals surface area contributed by atoms with Crippen LogP contribution in [0, 0.1) is 0 Å². The van der Waals surface area contributed by atoms with Crippen LogP contribution in [0.2, 0.25) is 5.02 Å². The highest BCUT2D eigenvalue weighted by atomic mass is 35.5. The first-order valence-corrected chi connectivity index (χ1v) is 6.76. The summed E-state index contributed by atoms with van der Waals surface area (Å²) >= 11 is 5.86. The van der Waals surface area contributed by atoms with Crippen molar-refractivity contribution in [1.82, 2.24) is 4.90 Å². The van der Waals surface area contributed by atoms with Gasteiger partial charge in [-0.1, -0.05) is 11.6 Å². The van der Waals surface area contributed by atoms with Gasteiger partial charge in [-0.05, 0) is 51.3 Å². The van der Waals surface area contributed by atoms with Gasteiger partial charge in [0.25, 0.3) is 5.91 Å². The zero-order chi connectivity index (χ0) is 13.3. The highest BCUT2D eigenvalue weighted by Crippen LogP contribution is 2.27. The molecular formula is C14H19ClN2O. The third kappa shape index (κ3) is 2.46. The number of rotatable bonds is 1. The molecule has 4 heteroatoms. The predicted molar refractivity (Wildman–Crippen MR) is 74.8 cm³/mol. The number of benzene rings is 1. The van der Waals surface area contributed by atoms with Crippen LogP contribution >= 0.6 is 11.6 Å².